The second-order valence-electron chi connectivity index (χ2n) is 17.1. The first-order chi connectivity index (χ1) is 24.7. The lowest BCUT2D eigenvalue weighted by Crippen LogP contribution is -2.62. The Bertz CT molecular complexity index is 1010. The third kappa shape index (κ3) is 23.5. The van der Waals surface area contributed by atoms with Gasteiger partial charge in [-0.3, -0.25) is 0 Å². The molecule has 0 aromatic heterocycles. The highest BCUT2D eigenvalue weighted by atomic mass is 16.7. The molecule has 1 heterocycles. The van der Waals surface area contributed by atoms with Gasteiger partial charge in [-0.25, -0.2) is 0 Å². The van der Waals surface area contributed by atoms with Gasteiger partial charge in [-0.2, -0.15) is 0 Å². The average molecular weight is 733 g/mol. The van der Waals surface area contributed by atoms with Gasteiger partial charge in [-0.15, -0.1) is 0 Å². The zero-order valence-electron chi connectivity index (χ0n) is 36.0. The number of hydrogen-bond acceptors (Lipinski definition) is 6. The normalized spacial score (nSPS) is 22.6. The molecule has 6 heteroatoms. The van der Waals surface area contributed by atoms with E-state index in [1.165, 1.54) is 22.3 Å². The summed E-state index contributed by atoms with van der Waals surface area (Å²) in [7, 11) is 0. The van der Waals surface area contributed by atoms with Crippen molar-refractivity contribution in [1.29, 1.82) is 0 Å². The lowest BCUT2D eigenvalue weighted by Gasteiger charge is -2.45. The van der Waals surface area contributed by atoms with Crippen molar-refractivity contribution in [2.75, 3.05) is 33.0 Å². The molecule has 1 fully saturated rings. The maximum atomic E-state index is 10.7. The van der Waals surface area contributed by atoms with E-state index in [1.54, 1.807) is 0 Å². The van der Waals surface area contributed by atoms with Crippen molar-refractivity contribution in [2.45, 2.75) is 191 Å². The Kier molecular flexibility index (Phi) is 27.2. The first-order valence-corrected chi connectivity index (χ1v) is 21.0. The predicted octanol–water partition coefficient (Wildman–Crippen LogP) is 12.0. The molecule has 1 saturated heterocycles. The van der Waals surface area contributed by atoms with Crippen LogP contribution in [0.5, 0.6) is 0 Å². The molecule has 304 valence electrons. The molecule has 0 saturated carbocycles. The zero-order chi connectivity index (χ0) is 38.9. The summed E-state index contributed by atoms with van der Waals surface area (Å²) in [6.45, 7) is 28.7. The summed E-state index contributed by atoms with van der Waals surface area (Å²) in [5, 5.41) is 10.7. The quantitative estimate of drug-likeness (QED) is 0.0773. The summed E-state index contributed by atoms with van der Waals surface area (Å²) in [4.78, 5) is 0. The molecule has 6 nitrogen and oxygen atoms in total. The Balaban J connectivity index is 3.18. The predicted molar refractivity (Wildman–Crippen MR) is 221 cm³/mol. The van der Waals surface area contributed by atoms with E-state index >= 15 is 0 Å². The molecule has 0 amide bonds. The lowest BCUT2D eigenvalue weighted by molar-refractivity contribution is -0.323. The maximum Gasteiger partial charge on any atom is 0.186 e. The van der Waals surface area contributed by atoms with E-state index < -0.39 is 30.7 Å². The number of ether oxygens (including phenoxy) is 5. The van der Waals surface area contributed by atoms with Gasteiger partial charge in [0.1, 0.15) is 24.4 Å². The van der Waals surface area contributed by atoms with Gasteiger partial charge in [0.25, 0.3) is 0 Å². The van der Waals surface area contributed by atoms with Crippen LogP contribution in [0.3, 0.4) is 0 Å². The number of allylic oxidation sites excluding steroid dienone is 8. The summed E-state index contributed by atoms with van der Waals surface area (Å²) in [5.74, 6) is 2.13. The van der Waals surface area contributed by atoms with E-state index in [0.717, 1.165) is 77.0 Å². The topological polar surface area (TPSA) is 66.4 Å². The van der Waals surface area contributed by atoms with Crippen LogP contribution in [0.1, 0.15) is 160 Å². The van der Waals surface area contributed by atoms with E-state index in [4.69, 9.17) is 23.7 Å². The van der Waals surface area contributed by atoms with Crippen molar-refractivity contribution < 1.29 is 28.8 Å². The van der Waals surface area contributed by atoms with Gasteiger partial charge in [0.15, 0.2) is 6.29 Å². The van der Waals surface area contributed by atoms with Crippen LogP contribution in [-0.4, -0.2) is 68.8 Å². The van der Waals surface area contributed by atoms with Crippen molar-refractivity contribution in [3.63, 3.8) is 0 Å². The van der Waals surface area contributed by atoms with Crippen molar-refractivity contribution in [3.05, 3.63) is 46.6 Å². The molecule has 0 spiro atoms. The largest absolute Gasteiger partial charge is 0.394 e. The van der Waals surface area contributed by atoms with E-state index in [9.17, 15) is 5.11 Å². The highest BCUT2D eigenvalue weighted by Crippen LogP contribution is 2.31. The van der Waals surface area contributed by atoms with Gasteiger partial charge < -0.3 is 28.8 Å². The SMILES string of the molecule is CC(C)=CCCC(C)CCOC1O[C@H](CO)[C@@H](OCCC(C)CCC=C(C)C)[C@H](OCCC(C)CCC=C(C)C)[C@H]1OCCC(C)CCC=C(C)C. The molecule has 0 aromatic rings. The molecule has 0 bridgehead atoms. The van der Waals surface area contributed by atoms with Crippen molar-refractivity contribution in [1.82, 2.24) is 0 Å². The Hall–Kier alpha value is -1.28. The monoisotopic (exact) mass is 733 g/mol. The molecular weight excluding hydrogens is 649 g/mol. The van der Waals surface area contributed by atoms with Crippen LogP contribution in [0.4, 0.5) is 0 Å². The summed E-state index contributed by atoms with van der Waals surface area (Å²) in [6.07, 6.45) is 19.4. The third-order valence-corrected chi connectivity index (χ3v) is 10.3. The fourth-order valence-electron chi connectivity index (χ4n) is 6.53. The van der Waals surface area contributed by atoms with Crippen LogP contribution < -0.4 is 0 Å². The average Bonchev–Trinajstić information content (AvgIpc) is 3.05. The molecule has 1 N–H and O–H groups in total. The Morgan fingerprint density at radius 2 is 0.769 bits per heavy atom. The van der Waals surface area contributed by atoms with Gasteiger partial charge >= 0.3 is 0 Å². The van der Waals surface area contributed by atoms with Crippen molar-refractivity contribution in [2.24, 2.45) is 23.7 Å². The number of aliphatic hydroxyl groups excluding tert-OH is 1. The standard InChI is InChI=1S/C46H84O6/c1-34(2)17-13-21-38(9)25-29-48-43-42(33-47)52-46(51-32-28-41(12)24-16-20-37(7)8)45(50-31-27-40(11)23-15-19-36(5)6)44(43)49-30-26-39(10)22-14-18-35(3)4/h17-20,38-47H,13-16,21-33H2,1-12H3/t38?,39?,40?,41?,42-,43-,44+,45-,46?/m1/s1. The Morgan fingerprint density at radius 3 is 1.10 bits per heavy atom. The highest BCUT2D eigenvalue weighted by Gasteiger charge is 2.48. The summed E-state index contributed by atoms with van der Waals surface area (Å²) in [6, 6.07) is 0. The van der Waals surface area contributed by atoms with Gasteiger partial charge in [-0.1, -0.05) is 74.3 Å². The van der Waals surface area contributed by atoms with E-state index in [1.807, 2.05) is 0 Å². The zero-order valence-corrected chi connectivity index (χ0v) is 36.0. The summed E-state index contributed by atoms with van der Waals surface area (Å²) >= 11 is 0. The van der Waals surface area contributed by atoms with Crippen LogP contribution in [-0.2, 0) is 23.7 Å². The molecule has 5 unspecified atom stereocenters. The van der Waals surface area contributed by atoms with Crippen LogP contribution in [0.15, 0.2) is 46.6 Å². The Labute approximate surface area is 322 Å². The summed E-state index contributed by atoms with van der Waals surface area (Å²) < 4.78 is 33.3. The van der Waals surface area contributed by atoms with E-state index in [0.29, 0.717) is 50.1 Å². The fourth-order valence-corrected chi connectivity index (χ4v) is 6.53. The van der Waals surface area contributed by atoms with Gasteiger partial charge in [0, 0.05) is 19.8 Å². The molecule has 0 aromatic carbocycles. The number of rotatable bonds is 29. The third-order valence-electron chi connectivity index (χ3n) is 10.3. The van der Waals surface area contributed by atoms with Crippen LogP contribution in [0.25, 0.3) is 0 Å². The van der Waals surface area contributed by atoms with Gasteiger partial charge in [0.2, 0.25) is 0 Å². The molecule has 1 rings (SSSR count). The molecular formula is C46H84O6. The molecule has 1 aliphatic rings. The van der Waals surface area contributed by atoms with Crippen LogP contribution in [0.2, 0.25) is 0 Å². The van der Waals surface area contributed by atoms with Crippen LogP contribution >= 0.6 is 0 Å². The second-order valence-corrected chi connectivity index (χ2v) is 17.1. The van der Waals surface area contributed by atoms with Gasteiger partial charge in [0.05, 0.1) is 13.2 Å². The number of aliphatic hydroxyl groups is 1. The molecule has 9 atom stereocenters. The molecule has 0 aliphatic carbocycles. The number of hydrogen-bond donors (Lipinski definition) is 1. The molecule has 1 aliphatic heterocycles. The first kappa shape index (κ1) is 48.7. The minimum Gasteiger partial charge on any atom is -0.394 e. The molecule has 52 heavy (non-hydrogen) atoms. The minimum atomic E-state index is -0.633. The first-order valence-electron chi connectivity index (χ1n) is 21.0. The van der Waals surface area contributed by atoms with Crippen LogP contribution in [0, 0.1) is 23.7 Å². The van der Waals surface area contributed by atoms with E-state index in [2.05, 4.69) is 107 Å². The van der Waals surface area contributed by atoms with Gasteiger partial charge in [-0.05, 0) is 156 Å². The Morgan fingerprint density at radius 1 is 0.462 bits per heavy atom. The fraction of sp³-hybridized carbons (Fsp3) is 0.826. The smallest absolute Gasteiger partial charge is 0.186 e. The second kappa shape index (κ2) is 29.1. The summed E-state index contributed by atoms with van der Waals surface area (Å²) in [5.41, 5.74) is 5.46. The molecule has 0 radical (unpaired) electrons. The lowest BCUT2D eigenvalue weighted by atomic mass is 9.96. The van der Waals surface area contributed by atoms with Crippen molar-refractivity contribution >= 4 is 0 Å². The van der Waals surface area contributed by atoms with E-state index in [-0.39, 0.29) is 6.61 Å². The maximum absolute atomic E-state index is 10.7. The van der Waals surface area contributed by atoms with Crippen molar-refractivity contribution in [3.8, 4) is 0 Å². The highest BCUT2D eigenvalue weighted by molar-refractivity contribution is 4.96. The minimum absolute atomic E-state index is 0.160.